The normalized spacial score (nSPS) is 15.0. The highest BCUT2D eigenvalue weighted by Gasteiger charge is 2.38. The number of nitro groups is 1. The van der Waals surface area contributed by atoms with Gasteiger partial charge in [-0.1, -0.05) is 29.3 Å². The molecule has 0 bridgehead atoms. The molecule has 3 aromatic rings. The van der Waals surface area contributed by atoms with Gasteiger partial charge in [0.15, 0.2) is 11.5 Å². The summed E-state index contributed by atoms with van der Waals surface area (Å²) in [4.78, 5) is 53.9. The van der Waals surface area contributed by atoms with Crippen molar-refractivity contribution in [2.24, 2.45) is 5.92 Å². The van der Waals surface area contributed by atoms with Crippen LogP contribution in [0.15, 0.2) is 48.8 Å². The van der Waals surface area contributed by atoms with Gasteiger partial charge in [-0.05, 0) is 48.1 Å². The van der Waals surface area contributed by atoms with Crippen molar-refractivity contribution in [1.82, 2.24) is 9.88 Å². The van der Waals surface area contributed by atoms with Crippen LogP contribution in [0.3, 0.4) is 0 Å². The summed E-state index contributed by atoms with van der Waals surface area (Å²) in [5.41, 5.74) is -0.0527. The molecular weight excluding hydrogens is 615 g/mol. The van der Waals surface area contributed by atoms with Crippen LogP contribution < -0.4 is 9.47 Å². The average molecular weight is 636 g/mol. The number of alkyl halides is 2. The summed E-state index contributed by atoms with van der Waals surface area (Å²) in [5, 5.41) is 11.5. The Kier molecular flexibility index (Phi) is 8.74. The van der Waals surface area contributed by atoms with E-state index in [4.69, 9.17) is 32.7 Å². The van der Waals surface area contributed by atoms with Gasteiger partial charge < -0.3 is 14.2 Å². The molecular formula is C28H21Cl2F2N3O8. The molecule has 1 aliphatic carbocycles. The van der Waals surface area contributed by atoms with Crippen molar-refractivity contribution in [3.05, 3.63) is 91.2 Å². The predicted molar refractivity (Wildman–Crippen MR) is 147 cm³/mol. The molecule has 2 aromatic carbocycles. The van der Waals surface area contributed by atoms with E-state index in [-0.39, 0.29) is 51.6 Å². The first-order valence-electron chi connectivity index (χ1n) is 12.9. The molecule has 2 aliphatic rings. The summed E-state index contributed by atoms with van der Waals surface area (Å²) in [7, 11) is 0. The zero-order chi connectivity index (χ0) is 30.8. The highest BCUT2D eigenvalue weighted by atomic mass is 35.5. The maximum Gasteiger partial charge on any atom is 0.387 e. The van der Waals surface area contributed by atoms with Crippen LogP contribution in [-0.2, 0) is 16.0 Å². The van der Waals surface area contributed by atoms with Crippen LogP contribution in [0.5, 0.6) is 11.5 Å². The number of imide groups is 1. The number of ether oxygens (including phenoxy) is 3. The maximum absolute atomic E-state index is 13.2. The number of benzene rings is 2. The molecule has 5 rings (SSSR count). The first-order valence-corrected chi connectivity index (χ1v) is 13.6. The molecule has 15 heteroatoms. The molecule has 2 amide bonds. The number of fused-ring (bicyclic) bond motifs is 1. The highest BCUT2D eigenvalue weighted by Crippen LogP contribution is 2.38. The summed E-state index contributed by atoms with van der Waals surface area (Å²) in [6.45, 7) is -3.65. The second-order valence-corrected chi connectivity index (χ2v) is 10.6. The van der Waals surface area contributed by atoms with Gasteiger partial charge in [0.1, 0.15) is 12.6 Å². The van der Waals surface area contributed by atoms with Gasteiger partial charge in [0, 0.05) is 30.9 Å². The Bertz CT molecular complexity index is 1600. The largest absolute Gasteiger partial charge is 0.489 e. The number of carbonyl (C=O) groups is 3. The monoisotopic (exact) mass is 635 g/mol. The van der Waals surface area contributed by atoms with Crippen LogP contribution in [0.25, 0.3) is 0 Å². The zero-order valence-electron chi connectivity index (χ0n) is 22.0. The molecule has 43 heavy (non-hydrogen) atoms. The SMILES string of the molecule is O=C(CN1C(=O)c2ccc([N+](=O)[O-])cc2C1=O)O[C@@H](Cc1c(Cl)cncc1Cl)c1ccc(OC(F)F)c(OCC2CC2)c1. The topological polar surface area (TPSA) is 138 Å². The molecule has 1 fully saturated rings. The summed E-state index contributed by atoms with van der Waals surface area (Å²) < 4.78 is 42.2. The van der Waals surface area contributed by atoms with Gasteiger partial charge in [-0.3, -0.25) is 34.4 Å². The Balaban J connectivity index is 1.42. The fourth-order valence-corrected chi connectivity index (χ4v) is 4.95. The molecule has 1 aromatic heterocycles. The van der Waals surface area contributed by atoms with E-state index < -0.39 is 47.7 Å². The molecule has 2 heterocycles. The lowest BCUT2D eigenvalue weighted by atomic mass is 10.0. The second kappa shape index (κ2) is 12.5. The molecule has 1 aliphatic heterocycles. The Morgan fingerprint density at radius 1 is 1.05 bits per heavy atom. The minimum atomic E-state index is -3.11. The zero-order valence-corrected chi connectivity index (χ0v) is 23.5. The van der Waals surface area contributed by atoms with Gasteiger partial charge in [-0.15, -0.1) is 0 Å². The van der Waals surface area contributed by atoms with E-state index in [2.05, 4.69) is 9.72 Å². The van der Waals surface area contributed by atoms with E-state index in [1.54, 1.807) is 0 Å². The van der Waals surface area contributed by atoms with E-state index >= 15 is 0 Å². The Morgan fingerprint density at radius 2 is 1.74 bits per heavy atom. The number of hydrogen-bond acceptors (Lipinski definition) is 9. The number of nitrogens with zero attached hydrogens (tertiary/aromatic N) is 3. The number of hydrogen-bond donors (Lipinski definition) is 0. The molecule has 0 N–H and O–H groups in total. The van der Waals surface area contributed by atoms with Crippen molar-refractivity contribution in [1.29, 1.82) is 0 Å². The van der Waals surface area contributed by atoms with Crippen LogP contribution >= 0.6 is 23.2 Å². The van der Waals surface area contributed by atoms with Gasteiger partial charge in [0.25, 0.3) is 17.5 Å². The van der Waals surface area contributed by atoms with Crippen molar-refractivity contribution in [3.63, 3.8) is 0 Å². The van der Waals surface area contributed by atoms with Gasteiger partial charge in [0.2, 0.25) is 0 Å². The molecule has 224 valence electrons. The minimum absolute atomic E-state index is 0.000358. The van der Waals surface area contributed by atoms with Crippen LogP contribution in [0.2, 0.25) is 10.0 Å². The van der Waals surface area contributed by atoms with E-state index in [9.17, 15) is 33.3 Å². The average Bonchev–Trinajstić information content (AvgIpc) is 3.76. The first-order chi connectivity index (χ1) is 20.5. The first kappa shape index (κ1) is 30.1. The van der Waals surface area contributed by atoms with Gasteiger partial charge in [-0.25, -0.2) is 0 Å². The second-order valence-electron chi connectivity index (χ2n) is 9.79. The number of non-ortho nitro benzene ring substituents is 1. The lowest BCUT2D eigenvalue weighted by Gasteiger charge is -2.22. The van der Waals surface area contributed by atoms with Crippen molar-refractivity contribution in [2.45, 2.75) is 32.0 Å². The van der Waals surface area contributed by atoms with Crippen LogP contribution in [0, 0.1) is 16.0 Å². The Morgan fingerprint density at radius 3 is 2.40 bits per heavy atom. The minimum Gasteiger partial charge on any atom is -0.489 e. The summed E-state index contributed by atoms with van der Waals surface area (Å²) in [6.07, 6.45) is 3.30. The molecule has 0 radical (unpaired) electrons. The van der Waals surface area contributed by atoms with Gasteiger partial charge >= 0.3 is 12.6 Å². The Hall–Kier alpha value is -4.36. The lowest BCUT2D eigenvalue weighted by Crippen LogP contribution is -2.36. The number of rotatable bonds is 12. The molecule has 1 atom stereocenters. The van der Waals surface area contributed by atoms with Gasteiger partial charge in [-0.2, -0.15) is 8.78 Å². The molecule has 1 saturated carbocycles. The smallest absolute Gasteiger partial charge is 0.387 e. The lowest BCUT2D eigenvalue weighted by molar-refractivity contribution is -0.384. The third-order valence-corrected chi connectivity index (χ3v) is 7.45. The predicted octanol–water partition coefficient (Wildman–Crippen LogP) is 5.81. The van der Waals surface area contributed by atoms with Gasteiger partial charge in [0.05, 0.1) is 32.7 Å². The van der Waals surface area contributed by atoms with E-state index in [0.29, 0.717) is 16.0 Å². The molecule has 11 nitrogen and oxygen atoms in total. The van der Waals surface area contributed by atoms with Crippen LogP contribution in [-0.4, -0.2) is 52.4 Å². The third kappa shape index (κ3) is 6.83. The molecule has 0 spiro atoms. The van der Waals surface area contributed by atoms with Crippen molar-refractivity contribution >= 4 is 46.7 Å². The van der Waals surface area contributed by atoms with Crippen molar-refractivity contribution < 1.29 is 42.3 Å². The third-order valence-electron chi connectivity index (χ3n) is 6.79. The molecule has 0 unspecified atom stereocenters. The number of esters is 1. The number of carbonyl (C=O) groups excluding carboxylic acids is 3. The number of aromatic nitrogens is 1. The van der Waals surface area contributed by atoms with Crippen molar-refractivity contribution in [2.75, 3.05) is 13.2 Å². The quantitative estimate of drug-likeness (QED) is 0.104. The standard InChI is InChI=1S/C28H21Cl2F2N3O8/c29-20-10-33-11-21(30)19(20)9-23(15-3-6-22(43-28(31)32)24(7-15)41-13-14-1-2-14)42-25(36)12-34-26(37)17-5-4-16(35(39)40)8-18(17)27(34)38/h3-8,10-11,14,23,28H,1-2,9,12-13H2/t23-/m0/s1. The fraction of sp³-hybridized carbons (Fsp3) is 0.286. The van der Waals surface area contributed by atoms with Crippen LogP contribution in [0.1, 0.15) is 50.8 Å². The summed E-state index contributed by atoms with van der Waals surface area (Å²) in [5.74, 6) is -2.67. The number of amides is 2. The maximum atomic E-state index is 13.2. The fourth-order valence-electron chi connectivity index (χ4n) is 4.43. The highest BCUT2D eigenvalue weighted by molar-refractivity contribution is 6.35. The number of nitro benzene ring substituents is 1. The van der Waals surface area contributed by atoms with Crippen LogP contribution in [0.4, 0.5) is 14.5 Å². The summed E-state index contributed by atoms with van der Waals surface area (Å²) >= 11 is 12.6. The number of pyridine rings is 1. The molecule has 0 saturated heterocycles. The summed E-state index contributed by atoms with van der Waals surface area (Å²) in [6, 6.07) is 7.21. The van der Waals surface area contributed by atoms with E-state index in [0.717, 1.165) is 31.0 Å². The Labute approximate surface area is 252 Å². The van der Waals surface area contributed by atoms with Crippen molar-refractivity contribution in [3.8, 4) is 11.5 Å². The van der Waals surface area contributed by atoms with E-state index in [1.807, 2.05) is 0 Å². The van der Waals surface area contributed by atoms with E-state index in [1.165, 1.54) is 30.6 Å². The number of halogens is 4.